The van der Waals surface area contributed by atoms with Crippen LogP contribution in [0.3, 0.4) is 0 Å². The van der Waals surface area contributed by atoms with E-state index in [9.17, 15) is 4.79 Å². The molecule has 0 bridgehead atoms. The molecule has 0 unspecified atom stereocenters. The molecular formula is C21H35NO2. The van der Waals surface area contributed by atoms with Gasteiger partial charge in [0, 0.05) is 12.3 Å². The van der Waals surface area contributed by atoms with Gasteiger partial charge in [0.2, 0.25) is 5.56 Å². The molecule has 0 aliphatic rings. The lowest BCUT2D eigenvalue weighted by Gasteiger charge is -2.03. The first kappa shape index (κ1) is 24.2. The maximum Gasteiger partial charge on any atom is 0.247 e. The van der Waals surface area contributed by atoms with Gasteiger partial charge in [0.15, 0.2) is 0 Å². The Bertz CT molecular complexity index is 549. The highest BCUT2D eigenvalue weighted by Crippen LogP contribution is 2.16. The lowest BCUT2D eigenvalue weighted by atomic mass is 10.0. The van der Waals surface area contributed by atoms with Crippen molar-refractivity contribution in [2.24, 2.45) is 0 Å². The van der Waals surface area contributed by atoms with E-state index in [1.54, 1.807) is 24.4 Å². The number of phenols is 1. The van der Waals surface area contributed by atoms with Gasteiger partial charge >= 0.3 is 0 Å². The van der Waals surface area contributed by atoms with Crippen LogP contribution in [0.25, 0.3) is 0 Å². The van der Waals surface area contributed by atoms with Gasteiger partial charge in [-0.1, -0.05) is 73.6 Å². The minimum atomic E-state index is -0.0376. The maximum absolute atomic E-state index is 10.6. The van der Waals surface area contributed by atoms with Gasteiger partial charge in [-0.05, 0) is 35.1 Å². The Morgan fingerprint density at radius 1 is 0.750 bits per heavy atom. The van der Waals surface area contributed by atoms with Crippen molar-refractivity contribution in [2.75, 3.05) is 0 Å². The number of hydrogen-bond donors (Lipinski definition) is 2. The Morgan fingerprint density at radius 2 is 1.17 bits per heavy atom. The van der Waals surface area contributed by atoms with Crippen molar-refractivity contribution < 1.29 is 5.11 Å². The van der Waals surface area contributed by atoms with E-state index < -0.39 is 0 Å². The summed E-state index contributed by atoms with van der Waals surface area (Å²) in [4.78, 5) is 13.2. The van der Waals surface area contributed by atoms with Crippen molar-refractivity contribution in [1.29, 1.82) is 0 Å². The minimum absolute atomic E-state index is 0.0376. The van der Waals surface area contributed by atoms with Crippen LogP contribution in [0.5, 0.6) is 5.75 Å². The van der Waals surface area contributed by atoms with Gasteiger partial charge in [-0.3, -0.25) is 4.79 Å². The van der Waals surface area contributed by atoms with Crippen LogP contribution in [-0.4, -0.2) is 10.1 Å². The van der Waals surface area contributed by atoms with E-state index in [0.29, 0.717) is 17.6 Å². The van der Waals surface area contributed by atoms with E-state index in [4.69, 9.17) is 5.11 Å². The molecule has 0 fully saturated rings. The summed E-state index contributed by atoms with van der Waals surface area (Å²) in [5.74, 6) is 1.36. The van der Waals surface area contributed by atoms with E-state index in [2.05, 4.69) is 32.7 Å². The highest BCUT2D eigenvalue weighted by Gasteiger charge is 1.96. The van der Waals surface area contributed by atoms with Crippen LogP contribution >= 0.6 is 0 Å². The molecule has 0 spiro atoms. The summed E-state index contributed by atoms with van der Waals surface area (Å²) in [5.41, 5.74) is 2.39. The first-order valence-corrected chi connectivity index (χ1v) is 8.87. The second kappa shape index (κ2) is 14.6. The summed E-state index contributed by atoms with van der Waals surface area (Å²) in [6, 6.07) is 10.7. The second-order valence-corrected chi connectivity index (χ2v) is 5.39. The van der Waals surface area contributed by atoms with Crippen LogP contribution in [-0.2, 0) is 0 Å². The van der Waals surface area contributed by atoms with Crippen LogP contribution in [0.2, 0.25) is 0 Å². The summed E-state index contributed by atoms with van der Waals surface area (Å²) < 4.78 is 0. The number of H-pyrrole nitrogens is 1. The smallest absolute Gasteiger partial charge is 0.247 e. The summed E-state index contributed by atoms with van der Waals surface area (Å²) in [7, 11) is 0. The lowest BCUT2D eigenvalue weighted by Crippen LogP contribution is -2.03. The number of aromatic hydroxyl groups is 1. The molecule has 3 heteroatoms. The van der Waals surface area contributed by atoms with Crippen LogP contribution < -0.4 is 5.56 Å². The predicted octanol–water partition coefficient (Wildman–Crippen LogP) is 6.07. The van der Waals surface area contributed by atoms with Crippen molar-refractivity contribution in [2.45, 2.75) is 67.2 Å². The molecule has 0 saturated heterocycles. The molecule has 1 aromatic heterocycles. The number of phenolic OH excluding ortho intramolecular Hbond substituents is 1. The topological polar surface area (TPSA) is 53.1 Å². The zero-order valence-corrected chi connectivity index (χ0v) is 16.6. The molecule has 136 valence electrons. The average Bonchev–Trinajstić information content (AvgIpc) is 2.60. The number of rotatable bonds is 2. The molecule has 0 aliphatic carbocycles. The maximum atomic E-state index is 10.6. The second-order valence-electron chi connectivity index (χ2n) is 5.39. The standard InChI is InChI=1S/C9H12O.C8H11NO.2C2H6/c1-7(2)8-3-5-9(10)6-4-8;1-6(2)7-3-4-8(10)9-5-7;2*1-2/h3-7,10H,1-2H3;3-6H,1-2H3,(H,9,10);2*1-2H3. The summed E-state index contributed by atoms with van der Waals surface area (Å²) in [5, 5.41) is 8.94. The van der Waals surface area contributed by atoms with E-state index in [0.717, 1.165) is 0 Å². The highest BCUT2D eigenvalue weighted by molar-refractivity contribution is 5.27. The molecule has 1 heterocycles. The van der Waals surface area contributed by atoms with Crippen LogP contribution in [0.1, 0.15) is 78.4 Å². The SMILES string of the molecule is CC.CC.CC(C)c1ccc(=O)[nH]c1.CC(C)c1ccc(O)cc1. The molecule has 2 rings (SSSR count). The van der Waals surface area contributed by atoms with E-state index >= 15 is 0 Å². The normalized spacial score (nSPS) is 9.08. The summed E-state index contributed by atoms with van der Waals surface area (Å²) in [6.45, 7) is 16.4. The monoisotopic (exact) mass is 333 g/mol. The lowest BCUT2D eigenvalue weighted by molar-refractivity contribution is 0.475. The number of aromatic nitrogens is 1. The van der Waals surface area contributed by atoms with E-state index in [1.807, 2.05) is 45.9 Å². The third kappa shape index (κ3) is 10.7. The number of pyridine rings is 1. The molecule has 2 N–H and O–H groups in total. The molecule has 3 nitrogen and oxygen atoms in total. The molecule has 2 aromatic rings. The average molecular weight is 334 g/mol. The van der Waals surface area contributed by atoms with Gasteiger partial charge in [0.25, 0.3) is 0 Å². The van der Waals surface area contributed by atoms with E-state index in [-0.39, 0.29) is 5.56 Å². The summed E-state index contributed by atoms with van der Waals surface area (Å²) in [6.07, 6.45) is 1.76. The van der Waals surface area contributed by atoms with Gasteiger partial charge < -0.3 is 10.1 Å². The van der Waals surface area contributed by atoms with Gasteiger partial charge in [0.1, 0.15) is 5.75 Å². The fourth-order valence-corrected chi connectivity index (χ4v) is 1.64. The zero-order chi connectivity index (χ0) is 19.1. The van der Waals surface area contributed by atoms with Crippen LogP contribution in [0.15, 0.2) is 47.4 Å². The molecule has 24 heavy (non-hydrogen) atoms. The number of benzene rings is 1. The molecular weight excluding hydrogens is 298 g/mol. The van der Waals surface area contributed by atoms with Crippen molar-refractivity contribution in [3.8, 4) is 5.75 Å². The molecule has 0 aliphatic heterocycles. The third-order valence-corrected chi connectivity index (χ3v) is 3.03. The quantitative estimate of drug-likeness (QED) is 0.701. The molecule has 0 radical (unpaired) electrons. The Balaban J connectivity index is 0. The Hall–Kier alpha value is -2.03. The predicted molar refractivity (Wildman–Crippen MR) is 106 cm³/mol. The van der Waals surface area contributed by atoms with Gasteiger partial charge in [-0.25, -0.2) is 0 Å². The first-order valence-electron chi connectivity index (χ1n) is 8.87. The fourth-order valence-electron chi connectivity index (χ4n) is 1.64. The Labute approximate surface area is 147 Å². The van der Waals surface area contributed by atoms with Crippen molar-refractivity contribution in [3.63, 3.8) is 0 Å². The third-order valence-electron chi connectivity index (χ3n) is 3.03. The molecule has 1 aromatic carbocycles. The number of nitrogens with one attached hydrogen (secondary N) is 1. The molecule has 0 amide bonds. The largest absolute Gasteiger partial charge is 0.508 e. The minimum Gasteiger partial charge on any atom is -0.508 e. The van der Waals surface area contributed by atoms with Crippen LogP contribution in [0, 0.1) is 0 Å². The van der Waals surface area contributed by atoms with Crippen molar-refractivity contribution in [1.82, 2.24) is 4.98 Å². The van der Waals surface area contributed by atoms with E-state index in [1.165, 1.54) is 11.1 Å². The summed E-state index contributed by atoms with van der Waals surface area (Å²) >= 11 is 0. The van der Waals surface area contributed by atoms with Crippen molar-refractivity contribution in [3.05, 3.63) is 64.1 Å². The highest BCUT2D eigenvalue weighted by atomic mass is 16.3. The number of hydrogen-bond acceptors (Lipinski definition) is 2. The van der Waals surface area contributed by atoms with Gasteiger partial charge in [0.05, 0.1) is 0 Å². The van der Waals surface area contributed by atoms with Crippen molar-refractivity contribution >= 4 is 0 Å². The Kier molecular flexibility index (Phi) is 14.7. The molecule has 0 atom stereocenters. The van der Waals surface area contributed by atoms with Crippen LogP contribution in [0.4, 0.5) is 0 Å². The van der Waals surface area contributed by atoms with Gasteiger partial charge in [-0.15, -0.1) is 0 Å². The Morgan fingerprint density at radius 3 is 1.50 bits per heavy atom. The first-order chi connectivity index (χ1) is 11.4. The van der Waals surface area contributed by atoms with Gasteiger partial charge in [-0.2, -0.15) is 0 Å². The fraction of sp³-hybridized carbons (Fsp3) is 0.476. The zero-order valence-electron chi connectivity index (χ0n) is 16.6. The molecule has 0 saturated carbocycles. The number of aromatic amines is 1.